The van der Waals surface area contributed by atoms with E-state index < -0.39 is 10.0 Å². The summed E-state index contributed by atoms with van der Waals surface area (Å²) in [5, 5.41) is 2.94. The highest BCUT2D eigenvalue weighted by Gasteiger charge is 2.33. The Hall–Kier alpha value is -1.64. The van der Waals surface area contributed by atoms with E-state index in [1.54, 1.807) is 12.1 Å². The average molecular weight is 452 g/mol. The van der Waals surface area contributed by atoms with Crippen LogP contribution in [0.1, 0.15) is 62.7 Å². The second kappa shape index (κ2) is 10.8. The third-order valence-electron chi connectivity index (χ3n) is 6.57. The molecule has 1 N–H and O–H groups in total. The van der Waals surface area contributed by atoms with Gasteiger partial charge in [-0.25, -0.2) is 8.42 Å². The highest BCUT2D eigenvalue weighted by molar-refractivity contribution is 7.89. The molecule has 2 aliphatic heterocycles. The number of amides is 1. The molecule has 0 aromatic heterocycles. The van der Waals surface area contributed by atoms with Crippen LogP contribution in [-0.2, 0) is 10.0 Å². The van der Waals surface area contributed by atoms with Gasteiger partial charge in [-0.1, -0.05) is 13.3 Å². The van der Waals surface area contributed by atoms with Crippen molar-refractivity contribution in [2.24, 2.45) is 5.92 Å². The van der Waals surface area contributed by atoms with Gasteiger partial charge in [0.2, 0.25) is 10.0 Å². The van der Waals surface area contributed by atoms with Gasteiger partial charge in [0.15, 0.2) is 0 Å². The van der Waals surface area contributed by atoms with Crippen LogP contribution in [0.4, 0.5) is 0 Å². The van der Waals surface area contributed by atoms with E-state index in [-0.39, 0.29) is 22.6 Å². The van der Waals surface area contributed by atoms with Crippen LogP contribution in [0.2, 0.25) is 0 Å². The van der Waals surface area contributed by atoms with Crippen LogP contribution in [0.25, 0.3) is 0 Å². The van der Waals surface area contributed by atoms with Gasteiger partial charge in [0.05, 0.1) is 7.11 Å². The van der Waals surface area contributed by atoms with Gasteiger partial charge in [-0.2, -0.15) is 4.31 Å². The molecule has 2 aliphatic rings. The maximum Gasteiger partial charge on any atom is 0.251 e. The Labute approximate surface area is 187 Å². The summed E-state index contributed by atoms with van der Waals surface area (Å²) in [7, 11) is -2.28. The van der Waals surface area contributed by atoms with E-state index in [9.17, 15) is 13.2 Å². The Balaban J connectivity index is 1.63. The molecular weight excluding hydrogens is 414 g/mol. The molecule has 0 unspecified atom stereocenters. The molecule has 1 aromatic carbocycles. The third-order valence-corrected chi connectivity index (χ3v) is 8.60. The monoisotopic (exact) mass is 451 g/mol. The van der Waals surface area contributed by atoms with Crippen molar-refractivity contribution in [1.82, 2.24) is 14.5 Å². The number of benzene rings is 1. The molecule has 0 spiro atoms. The second-order valence-electron chi connectivity index (χ2n) is 8.96. The Kier molecular flexibility index (Phi) is 8.36. The van der Waals surface area contributed by atoms with Crippen molar-refractivity contribution in [2.45, 2.75) is 63.3 Å². The standard InChI is InChI=1S/C23H37N3O4S/c1-18-10-15-25(16-11-18)13-6-12-24-23(27)20-8-9-21(30-3)22(17-20)31(28,29)26-14-5-4-7-19(26)2/h8-9,17-19H,4-7,10-16H2,1-3H3,(H,24,27)/t19-/m1/s1. The van der Waals surface area contributed by atoms with Gasteiger partial charge < -0.3 is 15.0 Å². The minimum atomic E-state index is -3.73. The Morgan fingerprint density at radius 2 is 1.87 bits per heavy atom. The first kappa shape index (κ1) is 24.0. The van der Waals surface area contributed by atoms with E-state index in [1.165, 1.54) is 30.3 Å². The number of hydrogen-bond acceptors (Lipinski definition) is 5. The number of sulfonamides is 1. The van der Waals surface area contributed by atoms with Gasteiger partial charge >= 0.3 is 0 Å². The van der Waals surface area contributed by atoms with Gasteiger partial charge in [0, 0.05) is 24.7 Å². The lowest BCUT2D eigenvalue weighted by Gasteiger charge is -2.32. The Morgan fingerprint density at radius 1 is 1.13 bits per heavy atom. The summed E-state index contributed by atoms with van der Waals surface area (Å²) in [6.07, 6.45) is 6.09. The molecule has 7 nitrogen and oxygen atoms in total. The SMILES string of the molecule is COc1ccc(C(=O)NCCCN2CCC(C)CC2)cc1S(=O)(=O)N1CCCC[C@H]1C. The highest BCUT2D eigenvalue weighted by Crippen LogP contribution is 2.31. The van der Waals surface area contributed by atoms with Crippen molar-refractivity contribution in [3.63, 3.8) is 0 Å². The molecule has 1 amide bonds. The number of nitrogens with one attached hydrogen (secondary N) is 1. The summed E-state index contributed by atoms with van der Waals surface area (Å²) in [5.74, 6) is 0.830. The van der Waals surface area contributed by atoms with Crippen LogP contribution >= 0.6 is 0 Å². The molecule has 0 radical (unpaired) electrons. The molecule has 1 aromatic rings. The van der Waals surface area contributed by atoms with Crippen molar-refractivity contribution >= 4 is 15.9 Å². The zero-order chi connectivity index (χ0) is 22.4. The molecule has 2 saturated heterocycles. The minimum Gasteiger partial charge on any atom is -0.495 e. The lowest BCUT2D eigenvalue weighted by molar-refractivity contribution is 0.0950. The summed E-state index contributed by atoms with van der Waals surface area (Å²) in [5.41, 5.74) is 0.343. The summed E-state index contributed by atoms with van der Waals surface area (Å²) in [4.78, 5) is 15.2. The van der Waals surface area contributed by atoms with Crippen LogP contribution in [0.3, 0.4) is 0 Å². The predicted molar refractivity (Wildman–Crippen MR) is 122 cm³/mol. The maximum absolute atomic E-state index is 13.3. The quantitative estimate of drug-likeness (QED) is 0.615. The zero-order valence-corrected chi connectivity index (χ0v) is 19.9. The molecule has 174 valence electrons. The number of ether oxygens (including phenoxy) is 1. The van der Waals surface area contributed by atoms with Crippen LogP contribution < -0.4 is 10.1 Å². The van der Waals surface area contributed by atoms with Gasteiger partial charge in [0.1, 0.15) is 10.6 Å². The fourth-order valence-electron chi connectivity index (χ4n) is 4.47. The van der Waals surface area contributed by atoms with Crippen molar-refractivity contribution in [1.29, 1.82) is 0 Å². The smallest absolute Gasteiger partial charge is 0.251 e. The summed E-state index contributed by atoms with van der Waals surface area (Å²) in [6, 6.07) is 4.60. The summed E-state index contributed by atoms with van der Waals surface area (Å²) < 4.78 is 33.5. The molecule has 3 rings (SSSR count). The van der Waals surface area contributed by atoms with Crippen LogP contribution in [0, 0.1) is 5.92 Å². The van der Waals surface area contributed by atoms with Crippen molar-refractivity contribution < 1.29 is 17.9 Å². The number of likely N-dealkylation sites (tertiary alicyclic amines) is 1. The summed E-state index contributed by atoms with van der Waals surface area (Å²) in [6.45, 7) is 8.53. The fraction of sp³-hybridized carbons (Fsp3) is 0.696. The average Bonchev–Trinajstić information content (AvgIpc) is 2.77. The largest absolute Gasteiger partial charge is 0.495 e. The number of nitrogens with zero attached hydrogens (tertiary/aromatic N) is 2. The van der Waals surface area contributed by atoms with Crippen molar-refractivity contribution in [3.05, 3.63) is 23.8 Å². The Morgan fingerprint density at radius 3 is 2.55 bits per heavy atom. The van der Waals surface area contributed by atoms with E-state index in [1.807, 2.05) is 6.92 Å². The van der Waals surface area contributed by atoms with Gasteiger partial charge in [0.25, 0.3) is 5.91 Å². The first-order valence-corrected chi connectivity index (χ1v) is 13.0. The van der Waals surface area contributed by atoms with E-state index in [2.05, 4.69) is 17.1 Å². The van der Waals surface area contributed by atoms with Crippen LogP contribution in [-0.4, -0.2) is 69.4 Å². The molecule has 1 atom stereocenters. The van der Waals surface area contributed by atoms with E-state index in [0.29, 0.717) is 18.7 Å². The number of hydrogen-bond donors (Lipinski definition) is 1. The molecule has 2 heterocycles. The molecule has 31 heavy (non-hydrogen) atoms. The minimum absolute atomic E-state index is 0.0567. The lowest BCUT2D eigenvalue weighted by Crippen LogP contribution is -2.42. The molecule has 0 bridgehead atoms. The number of piperidine rings is 2. The lowest BCUT2D eigenvalue weighted by atomic mass is 9.99. The van der Waals surface area contributed by atoms with Crippen LogP contribution in [0.5, 0.6) is 5.75 Å². The maximum atomic E-state index is 13.3. The molecular formula is C23H37N3O4S. The van der Waals surface area contributed by atoms with Gasteiger partial charge in [-0.05, 0) is 82.8 Å². The van der Waals surface area contributed by atoms with Crippen LogP contribution in [0.15, 0.2) is 23.1 Å². The predicted octanol–water partition coefficient (Wildman–Crippen LogP) is 3.11. The third kappa shape index (κ3) is 5.99. The molecule has 2 fully saturated rings. The fourth-order valence-corrected chi connectivity index (χ4v) is 6.35. The first-order chi connectivity index (χ1) is 14.8. The van der Waals surface area contributed by atoms with Gasteiger partial charge in [-0.3, -0.25) is 4.79 Å². The molecule has 0 aliphatic carbocycles. The highest BCUT2D eigenvalue weighted by atomic mass is 32.2. The first-order valence-electron chi connectivity index (χ1n) is 11.5. The normalized spacial score (nSPS) is 21.7. The van der Waals surface area contributed by atoms with E-state index in [4.69, 9.17) is 4.74 Å². The number of rotatable bonds is 8. The number of carbonyl (C=O) groups is 1. The van der Waals surface area contributed by atoms with Gasteiger partial charge in [-0.15, -0.1) is 0 Å². The number of methoxy groups -OCH3 is 1. The zero-order valence-electron chi connectivity index (χ0n) is 19.1. The summed E-state index contributed by atoms with van der Waals surface area (Å²) >= 11 is 0. The van der Waals surface area contributed by atoms with E-state index >= 15 is 0 Å². The molecule has 8 heteroatoms. The van der Waals surface area contributed by atoms with Crippen molar-refractivity contribution in [2.75, 3.05) is 39.8 Å². The topological polar surface area (TPSA) is 79.0 Å². The van der Waals surface area contributed by atoms with Crippen molar-refractivity contribution in [3.8, 4) is 5.75 Å². The van der Waals surface area contributed by atoms with E-state index in [0.717, 1.165) is 51.2 Å². The Bertz CT molecular complexity index is 850. The second-order valence-corrected chi connectivity index (χ2v) is 10.8. The number of carbonyl (C=O) groups excluding carboxylic acids is 1. The molecule has 0 saturated carbocycles.